The molecule has 2 atom stereocenters. The maximum absolute atomic E-state index is 14.5. The van der Waals surface area contributed by atoms with Crippen molar-refractivity contribution in [3.63, 3.8) is 0 Å². The fraction of sp³-hybridized carbons (Fsp3) is 0.182. The Morgan fingerprint density at radius 3 is 2.50 bits per heavy atom. The van der Waals surface area contributed by atoms with Crippen molar-refractivity contribution in [2.75, 3.05) is 18.2 Å². The van der Waals surface area contributed by atoms with E-state index in [1.54, 1.807) is 0 Å². The van der Waals surface area contributed by atoms with Crippen LogP contribution in [0.4, 0.5) is 14.5 Å². The second-order valence-corrected chi connectivity index (χ2v) is 7.67. The predicted molar refractivity (Wildman–Crippen MR) is 113 cm³/mol. The first-order chi connectivity index (χ1) is 15.3. The molecular weight excluding hydrogens is 440 g/mol. The lowest BCUT2D eigenvalue weighted by Gasteiger charge is -2.31. The molecule has 0 spiro atoms. The highest BCUT2D eigenvalue weighted by atomic mass is 32.2. The molecule has 0 unspecified atom stereocenters. The number of thioether (sulfide) groups is 1. The molecule has 2 aromatic rings. The molecule has 164 valence electrons. The number of nitrogens with zero attached hydrogens (tertiary/aromatic N) is 1. The van der Waals surface area contributed by atoms with Gasteiger partial charge in [-0.1, -0.05) is 30.0 Å². The summed E-state index contributed by atoms with van der Waals surface area (Å²) in [6.45, 7) is 0. The third kappa shape index (κ3) is 4.95. The number of benzene rings is 2. The molecule has 1 aliphatic heterocycles. The van der Waals surface area contributed by atoms with E-state index in [0.29, 0.717) is 5.69 Å². The highest BCUT2D eigenvalue weighted by molar-refractivity contribution is 8.03. The van der Waals surface area contributed by atoms with Crippen molar-refractivity contribution in [1.82, 2.24) is 5.32 Å². The topological polar surface area (TPSA) is 108 Å². The van der Waals surface area contributed by atoms with E-state index in [2.05, 4.69) is 10.6 Å². The first-order valence-corrected chi connectivity index (χ1v) is 10.3. The van der Waals surface area contributed by atoms with Gasteiger partial charge in [-0.25, -0.2) is 8.78 Å². The van der Waals surface area contributed by atoms with Gasteiger partial charge in [-0.05, 0) is 35.9 Å². The van der Waals surface area contributed by atoms with E-state index >= 15 is 0 Å². The summed E-state index contributed by atoms with van der Waals surface area (Å²) in [5.41, 5.74) is 0.294. The monoisotopic (exact) mass is 457 g/mol. The zero-order valence-corrected chi connectivity index (χ0v) is 17.5. The zero-order valence-electron chi connectivity index (χ0n) is 16.7. The normalized spacial score (nSPS) is 17.9. The van der Waals surface area contributed by atoms with E-state index in [-0.39, 0.29) is 21.9 Å². The lowest BCUT2D eigenvalue weighted by Crippen LogP contribution is -2.44. The molecule has 7 nitrogen and oxygen atoms in total. The minimum atomic E-state index is -1.47. The van der Waals surface area contributed by atoms with E-state index in [1.807, 2.05) is 6.07 Å². The number of ether oxygens (including phenoxy) is 1. The number of nitrogens with one attached hydrogen (secondary N) is 2. The molecule has 0 saturated heterocycles. The summed E-state index contributed by atoms with van der Waals surface area (Å²) in [5, 5.41) is 14.8. The number of allylic oxidation sites excluding steroid dienone is 1. The van der Waals surface area contributed by atoms with Crippen molar-refractivity contribution < 1.29 is 27.9 Å². The molecule has 0 aliphatic carbocycles. The number of nitriles is 1. The van der Waals surface area contributed by atoms with E-state index in [1.165, 1.54) is 42.5 Å². The van der Waals surface area contributed by atoms with E-state index in [0.717, 1.165) is 24.9 Å². The Morgan fingerprint density at radius 2 is 1.88 bits per heavy atom. The van der Waals surface area contributed by atoms with Gasteiger partial charge in [-0.15, -0.1) is 0 Å². The molecule has 3 rings (SSSR count). The minimum absolute atomic E-state index is 0.0110. The second-order valence-electron chi connectivity index (χ2n) is 6.69. The smallest absolute Gasteiger partial charge is 0.319 e. The number of esters is 1. The largest absolute Gasteiger partial charge is 0.468 e. The Hall–Kier alpha value is -3.71. The maximum Gasteiger partial charge on any atom is 0.319 e. The number of carbonyl (C=O) groups excluding carboxylic acids is 3. The summed E-state index contributed by atoms with van der Waals surface area (Å²) in [5.74, 6) is -6.19. The van der Waals surface area contributed by atoms with Gasteiger partial charge >= 0.3 is 5.97 Å². The van der Waals surface area contributed by atoms with E-state index in [4.69, 9.17) is 4.74 Å². The van der Waals surface area contributed by atoms with Crippen molar-refractivity contribution in [3.05, 3.63) is 76.3 Å². The second kappa shape index (κ2) is 10.1. The average Bonchev–Trinajstić information content (AvgIpc) is 2.78. The quantitative estimate of drug-likeness (QED) is 0.510. The number of amides is 2. The van der Waals surface area contributed by atoms with Crippen LogP contribution in [-0.4, -0.2) is 30.6 Å². The number of hydrogen-bond acceptors (Lipinski definition) is 6. The van der Waals surface area contributed by atoms with Gasteiger partial charge in [0.05, 0.1) is 29.5 Å². The van der Waals surface area contributed by atoms with Crippen LogP contribution in [0, 0.1) is 28.9 Å². The van der Waals surface area contributed by atoms with Crippen molar-refractivity contribution in [1.29, 1.82) is 5.26 Å². The molecule has 0 aromatic heterocycles. The molecule has 10 heteroatoms. The highest BCUT2D eigenvalue weighted by Crippen LogP contribution is 2.41. The van der Waals surface area contributed by atoms with Crippen LogP contribution in [0.25, 0.3) is 0 Å². The standard InChI is InChI=1S/C22H17F2N3O4S/c1-31-22(30)19-18(14-4-2-3-5-16(14)24)15(10-25)21(27-20(19)29)32-11-17(28)26-13-8-6-12(23)7-9-13/h2-9,18-19H,11H2,1H3,(H,26,28)(H,27,29)/t18-,19+/m1/s1. The van der Waals surface area contributed by atoms with Gasteiger partial charge in [-0.2, -0.15) is 5.26 Å². The molecule has 2 N–H and O–H groups in total. The molecule has 2 amide bonds. The van der Waals surface area contributed by atoms with Gasteiger partial charge in [-0.3, -0.25) is 14.4 Å². The fourth-order valence-corrected chi connectivity index (χ4v) is 4.10. The van der Waals surface area contributed by atoms with Crippen LogP contribution in [0.2, 0.25) is 0 Å². The van der Waals surface area contributed by atoms with Gasteiger partial charge < -0.3 is 15.4 Å². The average molecular weight is 457 g/mol. The van der Waals surface area contributed by atoms with Crippen LogP contribution in [-0.2, 0) is 19.1 Å². The van der Waals surface area contributed by atoms with Gasteiger partial charge in [0.25, 0.3) is 0 Å². The minimum Gasteiger partial charge on any atom is -0.468 e. The third-order valence-electron chi connectivity index (χ3n) is 4.70. The van der Waals surface area contributed by atoms with Crippen molar-refractivity contribution in [2.45, 2.75) is 5.92 Å². The lowest BCUT2D eigenvalue weighted by molar-refractivity contribution is -0.150. The molecule has 0 saturated carbocycles. The SMILES string of the molecule is COC(=O)[C@@H]1C(=O)NC(SCC(=O)Nc2ccc(F)cc2)=C(C#N)[C@H]1c1ccccc1F. The lowest BCUT2D eigenvalue weighted by atomic mass is 9.78. The number of anilines is 1. The Kier molecular flexibility index (Phi) is 7.22. The van der Waals surface area contributed by atoms with Gasteiger partial charge in [0, 0.05) is 11.6 Å². The van der Waals surface area contributed by atoms with Crippen LogP contribution >= 0.6 is 11.8 Å². The van der Waals surface area contributed by atoms with Crippen molar-refractivity contribution in [3.8, 4) is 6.07 Å². The molecule has 0 radical (unpaired) electrons. The van der Waals surface area contributed by atoms with Crippen LogP contribution in [0.15, 0.2) is 59.1 Å². The van der Waals surface area contributed by atoms with E-state index < -0.39 is 41.3 Å². The third-order valence-corrected chi connectivity index (χ3v) is 5.72. The van der Waals surface area contributed by atoms with Crippen LogP contribution in [0.5, 0.6) is 0 Å². The number of carbonyl (C=O) groups is 3. The molecule has 32 heavy (non-hydrogen) atoms. The fourth-order valence-electron chi connectivity index (χ4n) is 3.25. The van der Waals surface area contributed by atoms with Crippen LogP contribution in [0.1, 0.15) is 11.5 Å². The molecule has 0 bridgehead atoms. The molecule has 2 aromatic carbocycles. The molecular formula is C22H17F2N3O4S. The molecule has 0 fully saturated rings. The maximum atomic E-state index is 14.5. The summed E-state index contributed by atoms with van der Waals surface area (Å²) in [4.78, 5) is 37.3. The highest BCUT2D eigenvalue weighted by Gasteiger charge is 2.45. The number of hydrogen-bond donors (Lipinski definition) is 2. The van der Waals surface area contributed by atoms with Gasteiger partial charge in [0.15, 0.2) is 0 Å². The first kappa shape index (κ1) is 23.0. The summed E-state index contributed by atoms with van der Waals surface area (Å²) < 4.78 is 32.3. The summed E-state index contributed by atoms with van der Waals surface area (Å²) in [6, 6.07) is 12.6. The number of rotatable bonds is 6. The molecule has 1 aliphatic rings. The van der Waals surface area contributed by atoms with Crippen LogP contribution < -0.4 is 10.6 Å². The van der Waals surface area contributed by atoms with Gasteiger partial charge in [0.1, 0.15) is 17.6 Å². The number of halogens is 2. The Morgan fingerprint density at radius 1 is 1.19 bits per heavy atom. The number of methoxy groups -OCH3 is 1. The molecule has 1 heterocycles. The first-order valence-electron chi connectivity index (χ1n) is 9.31. The van der Waals surface area contributed by atoms with Crippen molar-refractivity contribution >= 4 is 35.2 Å². The Balaban J connectivity index is 1.89. The predicted octanol–water partition coefficient (Wildman–Crippen LogP) is 3.07. The van der Waals surface area contributed by atoms with Crippen LogP contribution in [0.3, 0.4) is 0 Å². The Labute approximate surface area is 186 Å². The Bertz CT molecular complexity index is 1130. The summed E-state index contributed by atoms with van der Waals surface area (Å²) in [6.07, 6.45) is 0. The summed E-state index contributed by atoms with van der Waals surface area (Å²) >= 11 is 0.854. The van der Waals surface area contributed by atoms with Crippen molar-refractivity contribution in [2.24, 2.45) is 5.92 Å². The van der Waals surface area contributed by atoms with E-state index in [9.17, 15) is 28.4 Å². The zero-order chi connectivity index (χ0) is 23.3. The summed E-state index contributed by atoms with van der Waals surface area (Å²) in [7, 11) is 1.09. The van der Waals surface area contributed by atoms with Gasteiger partial charge in [0.2, 0.25) is 11.8 Å².